The van der Waals surface area contributed by atoms with Gasteiger partial charge in [0.1, 0.15) is 5.75 Å². The molecule has 5 nitrogen and oxygen atoms in total. The second kappa shape index (κ2) is 5.84. The van der Waals surface area contributed by atoms with Crippen molar-refractivity contribution in [1.82, 2.24) is 15.5 Å². The van der Waals surface area contributed by atoms with Crippen molar-refractivity contribution in [3.05, 3.63) is 40.5 Å². The summed E-state index contributed by atoms with van der Waals surface area (Å²) >= 11 is 0. The van der Waals surface area contributed by atoms with Gasteiger partial charge in [-0.15, -0.1) is 0 Å². The summed E-state index contributed by atoms with van der Waals surface area (Å²) in [6.07, 6.45) is 0.743. The molecule has 0 aliphatic rings. The summed E-state index contributed by atoms with van der Waals surface area (Å²) in [5, 5.41) is 16.9. The van der Waals surface area contributed by atoms with E-state index >= 15 is 0 Å². The highest BCUT2D eigenvalue weighted by Gasteiger charge is 2.04. The van der Waals surface area contributed by atoms with Crippen molar-refractivity contribution in [1.29, 1.82) is 0 Å². The molecule has 2 N–H and O–H groups in total. The van der Waals surface area contributed by atoms with Crippen LogP contribution in [0.15, 0.2) is 16.7 Å². The number of aryl methyl sites for hydroxylation is 3. The summed E-state index contributed by atoms with van der Waals surface area (Å²) in [5.41, 5.74) is 2.98. The van der Waals surface area contributed by atoms with Gasteiger partial charge in [-0.3, -0.25) is 0 Å². The van der Waals surface area contributed by atoms with Gasteiger partial charge in [0, 0.05) is 26.4 Å². The van der Waals surface area contributed by atoms with Crippen molar-refractivity contribution in [2.75, 3.05) is 6.54 Å². The smallest absolute Gasteiger partial charge is 0.223 e. The molecule has 0 radical (unpaired) electrons. The van der Waals surface area contributed by atoms with Gasteiger partial charge in [-0.25, -0.2) is 0 Å². The normalized spacial score (nSPS) is 10.9. The molecule has 0 spiro atoms. The maximum atomic E-state index is 9.71. The van der Waals surface area contributed by atoms with E-state index in [1.54, 1.807) is 6.92 Å². The van der Waals surface area contributed by atoms with Gasteiger partial charge < -0.3 is 14.9 Å². The largest absolute Gasteiger partial charge is 0.507 e. The van der Waals surface area contributed by atoms with E-state index in [1.165, 1.54) is 0 Å². The molecular formula is C14H19N3O2. The molecule has 0 unspecified atom stereocenters. The van der Waals surface area contributed by atoms with E-state index in [2.05, 4.69) is 15.5 Å². The number of nitrogens with one attached hydrogen (secondary N) is 1. The van der Waals surface area contributed by atoms with Gasteiger partial charge in [0.15, 0.2) is 5.82 Å². The first-order valence-electron chi connectivity index (χ1n) is 6.35. The second-order valence-corrected chi connectivity index (χ2v) is 4.73. The molecule has 1 aromatic carbocycles. The third kappa shape index (κ3) is 3.54. The van der Waals surface area contributed by atoms with Crippen LogP contribution in [0.3, 0.4) is 0 Å². The van der Waals surface area contributed by atoms with Crippen LogP contribution in [0.4, 0.5) is 0 Å². The van der Waals surface area contributed by atoms with E-state index < -0.39 is 0 Å². The number of hydrogen-bond acceptors (Lipinski definition) is 5. The third-order valence-corrected chi connectivity index (χ3v) is 2.97. The zero-order valence-corrected chi connectivity index (χ0v) is 11.5. The Bertz CT molecular complexity index is 541. The van der Waals surface area contributed by atoms with Crippen molar-refractivity contribution in [2.24, 2.45) is 0 Å². The fourth-order valence-corrected chi connectivity index (χ4v) is 2.02. The van der Waals surface area contributed by atoms with Gasteiger partial charge in [0.2, 0.25) is 5.89 Å². The van der Waals surface area contributed by atoms with Crippen LogP contribution in [0, 0.1) is 20.8 Å². The number of aromatic hydroxyl groups is 1. The van der Waals surface area contributed by atoms with Gasteiger partial charge in [-0.2, -0.15) is 4.98 Å². The lowest BCUT2D eigenvalue weighted by Gasteiger charge is -2.08. The molecule has 1 heterocycles. The van der Waals surface area contributed by atoms with Crippen LogP contribution < -0.4 is 5.32 Å². The van der Waals surface area contributed by atoms with Crippen LogP contribution in [-0.4, -0.2) is 21.8 Å². The van der Waals surface area contributed by atoms with Gasteiger partial charge in [-0.05, 0) is 30.5 Å². The van der Waals surface area contributed by atoms with Crippen LogP contribution >= 0.6 is 0 Å². The van der Waals surface area contributed by atoms with Crippen LogP contribution in [0.5, 0.6) is 5.75 Å². The van der Waals surface area contributed by atoms with Gasteiger partial charge in [-0.1, -0.05) is 17.3 Å². The van der Waals surface area contributed by atoms with Crippen LogP contribution in [0.1, 0.15) is 28.4 Å². The predicted molar refractivity (Wildman–Crippen MR) is 72.0 cm³/mol. The fraction of sp³-hybridized carbons (Fsp3) is 0.429. The lowest BCUT2D eigenvalue weighted by Crippen LogP contribution is -2.17. The Morgan fingerprint density at radius 2 is 1.89 bits per heavy atom. The highest BCUT2D eigenvalue weighted by atomic mass is 16.5. The zero-order valence-electron chi connectivity index (χ0n) is 11.5. The molecule has 0 amide bonds. The quantitative estimate of drug-likeness (QED) is 0.806. The molecule has 0 atom stereocenters. The van der Waals surface area contributed by atoms with Gasteiger partial charge >= 0.3 is 0 Å². The van der Waals surface area contributed by atoms with Crippen molar-refractivity contribution in [3.8, 4) is 5.75 Å². The molecule has 0 bridgehead atoms. The Hall–Kier alpha value is -1.88. The number of aromatic nitrogens is 2. The lowest BCUT2D eigenvalue weighted by molar-refractivity contribution is 0.387. The zero-order chi connectivity index (χ0) is 13.8. The molecule has 5 heteroatoms. The molecule has 0 saturated heterocycles. The van der Waals surface area contributed by atoms with Gasteiger partial charge in [0.05, 0.1) is 0 Å². The molecule has 2 rings (SSSR count). The first-order chi connectivity index (χ1) is 9.06. The number of nitrogens with zero attached hydrogens (tertiary/aromatic N) is 2. The SMILES string of the molecule is Cc1nc(CCNCc2cc(C)c(O)c(C)c2)no1. The Labute approximate surface area is 112 Å². The number of benzene rings is 1. The van der Waals surface area contributed by atoms with Crippen molar-refractivity contribution >= 4 is 0 Å². The molecule has 19 heavy (non-hydrogen) atoms. The Balaban J connectivity index is 1.83. The molecule has 0 aliphatic heterocycles. The highest BCUT2D eigenvalue weighted by Crippen LogP contribution is 2.22. The molecular weight excluding hydrogens is 242 g/mol. The summed E-state index contributed by atoms with van der Waals surface area (Å²) in [6.45, 7) is 7.16. The Morgan fingerprint density at radius 3 is 2.47 bits per heavy atom. The molecule has 102 valence electrons. The van der Waals surface area contributed by atoms with E-state index in [9.17, 15) is 5.11 Å². The maximum absolute atomic E-state index is 9.71. The van der Waals surface area contributed by atoms with Crippen molar-refractivity contribution in [3.63, 3.8) is 0 Å². The number of rotatable bonds is 5. The topological polar surface area (TPSA) is 71.2 Å². The van der Waals surface area contributed by atoms with E-state index in [0.717, 1.165) is 42.0 Å². The van der Waals surface area contributed by atoms with Crippen molar-refractivity contribution < 1.29 is 9.63 Å². The molecule has 0 aliphatic carbocycles. The summed E-state index contributed by atoms with van der Waals surface area (Å²) in [5.74, 6) is 1.70. The van der Waals surface area contributed by atoms with Crippen LogP contribution in [-0.2, 0) is 13.0 Å². The highest BCUT2D eigenvalue weighted by molar-refractivity contribution is 5.42. The van der Waals surface area contributed by atoms with E-state index in [0.29, 0.717) is 11.6 Å². The minimum Gasteiger partial charge on any atom is -0.507 e. The first kappa shape index (κ1) is 13.5. The molecule has 0 saturated carbocycles. The molecule has 2 aromatic rings. The second-order valence-electron chi connectivity index (χ2n) is 4.73. The lowest BCUT2D eigenvalue weighted by atomic mass is 10.1. The average molecular weight is 261 g/mol. The fourth-order valence-electron chi connectivity index (χ4n) is 2.02. The molecule has 0 fully saturated rings. The summed E-state index contributed by atoms with van der Waals surface area (Å²) in [7, 11) is 0. The number of phenols is 1. The van der Waals surface area contributed by atoms with Gasteiger partial charge in [0.25, 0.3) is 0 Å². The maximum Gasteiger partial charge on any atom is 0.223 e. The van der Waals surface area contributed by atoms with Crippen LogP contribution in [0.25, 0.3) is 0 Å². The van der Waals surface area contributed by atoms with Crippen molar-refractivity contribution in [2.45, 2.75) is 33.7 Å². The number of hydrogen-bond donors (Lipinski definition) is 2. The molecule has 1 aromatic heterocycles. The Kier molecular flexibility index (Phi) is 4.16. The number of phenolic OH excluding ortho intramolecular Hbond substituents is 1. The van der Waals surface area contributed by atoms with E-state index in [4.69, 9.17) is 4.52 Å². The Morgan fingerprint density at radius 1 is 1.21 bits per heavy atom. The summed E-state index contributed by atoms with van der Waals surface area (Å²) in [6, 6.07) is 3.99. The summed E-state index contributed by atoms with van der Waals surface area (Å²) < 4.78 is 4.91. The predicted octanol–water partition coefficient (Wildman–Crippen LogP) is 2.03. The minimum absolute atomic E-state index is 0.381. The average Bonchev–Trinajstić information content (AvgIpc) is 2.77. The van der Waals surface area contributed by atoms with Crippen LogP contribution in [0.2, 0.25) is 0 Å². The monoisotopic (exact) mass is 261 g/mol. The van der Waals surface area contributed by atoms with E-state index in [1.807, 2.05) is 26.0 Å². The summed E-state index contributed by atoms with van der Waals surface area (Å²) in [4.78, 5) is 4.14. The standard InChI is InChI=1S/C14H19N3O2/c1-9-6-12(7-10(2)14(9)18)8-15-5-4-13-16-11(3)19-17-13/h6-7,15,18H,4-5,8H2,1-3H3. The third-order valence-electron chi connectivity index (χ3n) is 2.97. The minimum atomic E-state index is 0.381. The first-order valence-corrected chi connectivity index (χ1v) is 6.35. The van der Waals surface area contributed by atoms with E-state index in [-0.39, 0.29) is 0 Å².